The summed E-state index contributed by atoms with van der Waals surface area (Å²) in [6.07, 6.45) is 7.08. The molecule has 76 valence electrons. The van der Waals surface area contributed by atoms with Crippen LogP contribution in [0.25, 0.3) is 0 Å². The van der Waals surface area contributed by atoms with Gasteiger partial charge in [-0.05, 0) is 41.9 Å². The van der Waals surface area contributed by atoms with Gasteiger partial charge in [-0.1, -0.05) is 0 Å². The van der Waals surface area contributed by atoms with Gasteiger partial charge in [-0.3, -0.25) is 0 Å². The normalized spacial score (nSPS) is 12.4. The molecule has 0 saturated heterocycles. The summed E-state index contributed by atoms with van der Waals surface area (Å²) in [6.45, 7) is 3.16. The first-order valence-corrected chi connectivity index (χ1v) is 6.32. The first-order valence-electron chi connectivity index (χ1n) is 4.65. The van der Waals surface area contributed by atoms with Crippen LogP contribution < -0.4 is 5.32 Å². The summed E-state index contributed by atoms with van der Waals surface area (Å²) < 4.78 is 1.16. The van der Waals surface area contributed by atoms with Crippen LogP contribution in [0.5, 0.6) is 0 Å². The summed E-state index contributed by atoms with van der Waals surface area (Å²) >= 11 is 5.22. The Morgan fingerprint density at radius 2 is 2.50 bits per heavy atom. The topological polar surface area (TPSA) is 12.0 Å². The molecule has 1 aromatic heterocycles. The van der Waals surface area contributed by atoms with Crippen molar-refractivity contribution < 1.29 is 0 Å². The number of rotatable bonds is 5. The van der Waals surface area contributed by atoms with Crippen LogP contribution in [0.3, 0.4) is 0 Å². The molecule has 0 radical (unpaired) electrons. The zero-order valence-electron chi connectivity index (χ0n) is 8.22. The van der Waals surface area contributed by atoms with Gasteiger partial charge in [-0.15, -0.1) is 23.7 Å². The fraction of sp³-hybridized carbons (Fsp3) is 0.455. The van der Waals surface area contributed by atoms with E-state index < -0.39 is 0 Å². The molecule has 0 aromatic carbocycles. The van der Waals surface area contributed by atoms with Crippen LogP contribution in [0.2, 0.25) is 0 Å². The largest absolute Gasteiger partial charge is 0.309 e. The van der Waals surface area contributed by atoms with Gasteiger partial charge in [0.2, 0.25) is 0 Å². The van der Waals surface area contributed by atoms with Gasteiger partial charge in [0.1, 0.15) is 0 Å². The molecule has 1 atom stereocenters. The number of unbranched alkanes of at least 4 members (excludes halogenated alkanes) is 1. The molecule has 0 amide bonds. The first kappa shape index (κ1) is 11.8. The van der Waals surface area contributed by atoms with Crippen molar-refractivity contribution in [3.05, 3.63) is 20.8 Å². The number of nitrogens with one attached hydrogen (secondary N) is 1. The lowest BCUT2D eigenvalue weighted by Crippen LogP contribution is -2.18. The third-order valence-electron chi connectivity index (χ3n) is 1.96. The highest BCUT2D eigenvalue weighted by molar-refractivity contribution is 9.10. The molecular formula is C11H14BrNS. The van der Waals surface area contributed by atoms with Gasteiger partial charge >= 0.3 is 0 Å². The van der Waals surface area contributed by atoms with E-state index in [-0.39, 0.29) is 0 Å². The molecule has 0 bridgehead atoms. The molecule has 0 aliphatic heterocycles. The molecule has 0 aliphatic carbocycles. The molecule has 1 N–H and O–H groups in total. The molecule has 1 aromatic rings. The molecule has 3 heteroatoms. The smallest absolute Gasteiger partial charge is 0.0386 e. The van der Waals surface area contributed by atoms with Gasteiger partial charge in [0, 0.05) is 27.2 Å². The Balaban J connectivity index is 2.29. The third-order valence-corrected chi connectivity index (χ3v) is 3.84. The summed E-state index contributed by atoms with van der Waals surface area (Å²) in [4.78, 5) is 1.36. The molecule has 0 saturated carbocycles. The zero-order valence-corrected chi connectivity index (χ0v) is 10.6. The van der Waals surface area contributed by atoms with Gasteiger partial charge in [0.05, 0.1) is 0 Å². The molecular weight excluding hydrogens is 258 g/mol. The van der Waals surface area contributed by atoms with E-state index in [2.05, 4.69) is 45.5 Å². The molecule has 14 heavy (non-hydrogen) atoms. The van der Waals surface area contributed by atoms with Gasteiger partial charge in [0.15, 0.2) is 0 Å². The third kappa shape index (κ3) is 3.83. The van der Waals surface area contributed by atoms with Gasteiger partial charge in [-0.2, -0.15) is 0 Å². The van der Waals surface area contributed by atoms with Gasteiger partial charge in [-0.25, -0.2) is 0 Å². The minimum Gasteiger partial charge on any atom is -0.309 e. The summed E-state index contributed by atoms with van der Waals surface area (Å²) in [5, 5.41) is 5.55. The second-order valence-corrected chi connectivity index (χ2v) is 5.01. The Labute approximate surface area is 98.0 Å². The van der Waals surface area contributed by atoms with Crippen molar-refractivity contribution in [1.82, 2.24) is 5.32 Å². The highest BCUT2D eigenvalue weighted by Crippen LogP contribution is 2.25. The van der Waals surface area contributed by atoms with E-state index in [0.29, 0.717) is 6.04 Å². The van der Waals surface area contributed by atoms with Crippen LogP contribution in [0.4, 0.5) is 0 Å². The average molecular weight is 272 g/mol. The van der Waals surface area contributed by atoms with Crippen LogP contribution in [0, 0.1) is 12.3 Å². The lowest BCUT2D eigenvalue weighted by atomic mass is 10.2. The van der Waals surface area contributed by atoms with Crippen molar-refractivity contribution in [2.24, 2.45) is 0 Å². The minimum atomic E-state index is 0.420. The Morgan fingerprint density at radius 1 is 1.71 bits per heavy atom. The Hall–Kier alpha value is -0.300. The first-order chi connectivity index (χ1) is 6.74. The van der Waals surface area contributed by atoms with Crippen molar-refractivity contribution in [2.75, 3.05) is 6.54 Å². The van der Waals surface area contributed by atoms with E-state index in [1.54, 1.807) is 11.3 Å². The Kier molecular flexibility index (Phi) is 5.24. The Bertz CT molecular complexity index is 313. The fourth-order valence-electron chi connectivity index (χ4n) is 1.16. The van der Waals surface area contributed by atoms with Crippen LogP contribution in [0.1, 0.15) is 30.7 Å². The van der Waals surface area contributed by atoms with Crippen molar-refractivity contribution >= 4 is 27.3 Å². The fourth-order valence-corrected chi connectivity index (χ4v) is 2.64. The van der Waals surface area contributed by atoms with Crippen LogP contribution in [-0.2, 0) is 0 Å². The van der Waals surface area contributed by atoms with Gasteiger partial charge in [0.25, 0.3) is 0 Å². The number of hydrogen-bond acceptors (Lipinski definition) is 2. The van der Waals surface area contributed by atoms with E-state index in [9.17, 15) is 0 Å². The van der Waals surface area contributed by atoms with E-state index in [1.807, 2.05) is 0 Å². The molecule has 1 heterocycles. The molecule has 1 unspecified atom stereocenters. The SMILES string of the molecule is C#CCCCNC(C)c1cc(Br)cs1. The predicted octanol–water partition coefficient (Wildman–Crippen LogP) is 3.57. The maximum Gasteiger partial charge on any atom is 0.0386 e. The number of halogens is 1. The maximum atomic E-state index is 5.18. The molecule has 0 fully saturated rings. The van der Waals surface area contributed by atoms with Crippen LogP contribution >= 0.6 is 27.3 Å². The second kappa shape index (κ2) is 6.23. The number of terminal acetylenes is 1. The summed E-state index contributed by atoms with van der Waals surface area (Å²) in [5.41, 5.74) is 0. The van der Waals surface area contributed by atoms with Crippen LogP contribution in [0.15, 0.2) is 15.9 Å². The van der Waals surface area contributed by atoms with Crippen molar-refractivity contribution in [3.63, 3.8) is 0 Å². The summed E-state index contributed by atoms with van der Waals surface area (Å²) in [6, 6.07) is 2.58. The quantitative estimate of drug-likeness (QED) is 0.638. The number of thiophene rings is 1. The highest BCUT2D eigenvalue weighted by atomic mass is 79.9. The van der Waals surface area contributed by atoms with E-state index in [1.165, 1.54) is 4.88 Å². The molecule has 1 rings (SSSR count). The zero-order chi connectivity index (χ0) is 10.4. The monoisotopic (exact) mass is 271 g/mol. The van der Waals surface area contributed by atoms with E-state index in [0.717, 1.165) is 23.9 Å². The maximum absolute atomic E-state index is 5.18. The van der Waals surface area contributed by atoms with Crippen molar-refractivity contribution in [2.45, 2.75) is 25.8 Å². The second-order valence-electron chi connectivity index (χ2n) is 3.15. The highest BCUT2D eigenvalue weighted by Gasteiger charge is 2.06. The minimum absolute atomic E-state index is 0.420. The molecule has 0 spiro atoms. The van der Waals surface area contributed by atoms with Crippen molar-refractivity contribution in [3.8, 4) is 12.3 Å². The lowest BCUT2D eigenvalue weighted by molar-refractivity contribution is 0.569. The predicted molar refractivity (Wildman–Crippen MR) is 66.5 cm³/mol. The summed E-state index contributed by atoms with van der Waals surface area (Å²) in [7, 11) is 0. The molecule has 0 aliphatic rings. The Morgan fingerprint density at radius 3 is 3.07 bits per heavy atom. The number of hydrogen-bond donors (Lipinski definition) is 1. The summed E-state index contributed by atoms with van der Waals surface area (Å²) in [5.74, 6) is 2.64. The standard InChI is InChI=1S/C11H14BrNS/c1-3-4-5-6-13-9(2)11-7-10(12)8-14-11/h1,7-9,13H,4-6H2,2H3. The van der Waals surface area contributed by atoms with Crippen LogP contribution in [-0.4, -0.2) is 6.54 Å². The average Bonchev–Trinajstić information content (AvgIpc) is 2.59. The van der Waals surface area contributed by atoms with E-state index >= 15 is 0 Å². The van der Waals surface area contributed by atoms with Gasteiger partial charge < -0.3 is 5.32 Å². The molecule has 1 nitrogen and oxygen atoms in total. The lowest BCUT2D eigenvalue weighted by Gasteiger charge is -2.10. The van der Waals surface area contributed by atoms with E-state index in [4.69, 9.17) is 6.42 Å². The van der Waals surface area contributed by atoms with Crippen molar-refractivity contribution in [1.29, 1.82) is 0 Å².